The number of benzene rings is 1. The van der Waals surface area contributed by atoms with Gasteiger partial charge in [0.05, 0.1) is 22.0 Å². The van der Waals surface area contributed by atoms with Gasteiger partial charge in [0.15, 0.2) is 0 Å². The van der Waals surface area contributed by atoms with Gasteiger partial charge in [-0.25, -0.2) is 15.0 Å². The molecule has 29 heavy (non-hydrogen) atoms. The quantitative estimate of drug-likeness (QED) is 0.500. The zero-order valence-electron chi connectivity index (χ0n) is 15.9. The largest absolute Gasteiger partial charge is 0.382 e. The third kappa shape index (κ3) is 4.13. The van der Waals surface area contributed by atoms with Crippen LogP contribution < -0.4 is 22.3 Å². The molecule has 3 rings (SSSR count). The van der Waals surface area contributed by atoms with Gasteiger partial charge < -0.3 is 16.8 Å². The third-order valence-corrected chi connectivity index (χ3v) is 4.84. The highest BCUT2D eigenvalue weighted by Gasteiger charge is 2.20. The molecule has 9 nitrogen and oxygen atoms in total. The molecule has 0 unspecified atom stereocenters. The molecule has 0 aliphatic heterocycles. The van der Waals surface area contributed by atoms with Crippen LogP contribution in [-0.2, 0) is 6.54 Å². The van der Waals surface area contributed by atoms with Gasteiger partial charge in [0.25, 0.3) is 5.56 Å². The highest BCUT2D eigenvalue weighted by atomic mass is 35.5. The number of aromatic nitrogens is 4. The Kier molecular flexibility index (Phi) is 6.26. The van der Waals surface area contributed by atoms with Crippen molar-refractivity contribution in [2.24, 2.45) is 5.73 Å². The van der Waals surface area contributed by atoms with Crippen molar-refractivity contribution in [3.05, 3.63) is 51.3 Å². The van der Waals surface area contributed by atoms with E-state index in [1.807, 2.05) is 13.0 Å². The Balaban J connectivity index is 2.09. The van der Waals surface area contributed by atoms with Gasteiger partial charge >= 0.3 is 0 Å². The molecular weight excluding hydrogens is 392 g/mol. The van der Waals surface area contributed by atoms with E-state index in [4.69, 9.17) is 23.1 Å². The van der Waals surface area contributed by atoms with E-state index in [2.05, 4.69) is 20.3 Å². The molecule has 0 aliphatic rings. The topological polar surface area (TPSA) is 149 Å². The van der Waals surface area contributed by atoms with E-state index in [9.17, 15) is 10.1 Å². The van der Waals surface area contributed by atoms with Crippen molar-refractivity contribution in [1.82, 2.24) is 19.5 Å². The fraction of sp³-hybridized carbons (Fsp3) is 0.316. The molecule has 0 spiro atoms. The molecule has 0 bridgehead atoms. The van der Waals surface area contributed by atoms with E-state index in [0.717, 1.165) is 12.8 Å². The zero-order valence-corrected chi connectivity index (χ0v) is 16.6. The number of halogens is 1. The summed E-state index contributed by atoms with van der Waals surface area (Å²) in [4.78, 5) is 25.8. The van der Waals surface area contributed by atoms with Crippen LogP contribution in [-0.4, -0.2) is 26.1 Å². The molecule has 2 aromatic heterocycles. The van der Waals surface area contributed by atoms with E-state index in [1.54, 1.807) is 22.8 Å². The molecule has 0 saturated carbocycles. The number of hydrogen-bond donors (Lipinski definition) is 3. The minimum absolute atomic E-state index is 0.0794. The van der Waals surface area contributed by atoms with E-state index >= 15 is 0 Å². The second-order valence-electron chi connectivity index (χ2n) is 6.52. The molecule has 0 aliphatic carbocycles. The van der Waals surface area contributed by atoms with Gasteiger partial charge in [0, 0.05) is 6.54 Å². The fourth-order valence-electron chi connectivity index (χ4n) is 3.09. The average Bonchev–Trinajstić information content (AvgIpc) is 2.69. The molecule has 10 heteroatoms. The van der Waals surface area contributed by atoms with Crippen LogP contribution in [0.4, 0.5) is 11.6 Å². The minimum atomic E-state index is -0.439. The van der Waals surface area contributed by atoms with Gasteiger partial charge in [-0.3, -0.25) is 9.36 Å². The first-order valence-corrected chi connectivity index (χ1v) is 9.51. The molecule has 2 heterocycles. The van der Waals surface area contributed by atoms with Gasteiger partial charge in [0.1, 0.15) is 35.4 Å². The van der Waals surface area contributed by atoms with E-state index in [0.29, 0.717) is 34.8 Å². The molecule has 0 saturated heterocycles. The number of nitriles is 1. The number of nitrogen functional groups attached to an aromatic ring is 1. The maximum absolute atomic E-state index is 13.2. The van der Waals surface area contributed by atoms with Crippen LogP contribution in [0.3, 0.4) is 0 Å². The Morgan fingerprint density at radius 2 is 2.14 bits per heavy atom. The zero-order chi connectivity index (χ0) is 21.0. The van der Waals surface area contributed by atoms with Crippen LogP contribution in [0.1, 0.15) is 37.2 Å². The summed E-state index contributed by atoms with van der Waals surface area (Å²) in [6.45, 7) is 2.81. The Bertz CT molecular complexity index is 1140. The van der Waals surface area contributed by atoms with Crippen molar-refractivity contribution in [2.45, 2.75) is 32.4 Å². The predicted octanol–water partition coefficient (Wildman–Crippen LogP) is 2.21. The average molecular weight is 413 g/mol. The normalized spacial score (nSPS) is 11.9. The number of unbranched alkanes of at least 4 members (excludes halogenated alkanes) is 1. The van der Waals surface area contributed by atoms with Crippen molar-refractivity contribution in [3.8, 4) is 6.07 Å². The number of anilines is 2. The maximum atomic E-state index is 13.2. The second-order valence-corrected chi connectivity index (χ2v) is 6.92. The summed E-state index contributed by atoms with van der Waals surface area (Å²) in [6, 6.07) is 6.71. The van der Waals surface area contributed by atoms with Crippen LogP contribution in [0.2, 0.25) is 5.02 Å². The monoisotopic (exact) mass is 412 g/mol. The van der Waals surface area contributed by atoms with E-state index in [1.165, 1.54) is 6.33 Å². The second kappa shape index (κ2) is 8.86. The van der Waals surface area contributed by atoms with Crippen LogP contribution in [0.25, 0.3) is 10.9 Å². The van der Waals surface area contributed by atoms with Crippen molar-refractivity contribution in [1.29, 1.82) is 5.26 Å². The lowest BCUT2D eigenvalue weighted by Crippen LogP contribution is -2.29. The van der Waals surface area contributed by atoms with Crippen LogP contribution >= 0.6 is 11.6 Å². The van der Waals surface area contributed by atoms with Gasteiger partial charge in [-0.1, -0.05) is 17.7 Å². The smallest absolute Gasteiger partial charge is 0.262 e. The molecule has 1 atom stereocenters. The molecular formula is C19H21ClN8O. The van der Waals surface area contributed by atoms with Crippen LogP contribution in [0, 0.1) is 11.3 Å². The molecule has 0 radical (unpaired) electrons. The van der Waals surface area contributed by atoms with Gasteiger partial charge in [0.2, 0.25) is 0 Å². The lowest BCUT2D eigenvalue weighted by molar-refractivity contribution is 0.551. The standard InChI is InChI=1S/C19H21ClN8O/c1-11(26-17-12(9-22)16(23)24-10-25-17)18-27-14-6-4-5-13(20)15(14)19(29)28(18)8-3-2-7-21/h4-6,10-11H,2-3,7-8,21H2,1H3,(H3,23,24,25,26)/t11-/m0/s1. The summed E-state index contributed by atoms with van der Waals surface area (Å²) in [5, 5.41) is 13.2. The summed E-state index contributed by atoms with van der Waals surface area (Å²) in [5.74, 6) is 0.861. The van der Waals surface area contributed by atoms with Gasteiger partial charge in [-0.2, -0.15) is 5.26 Å². The summed E-state index contributed by atoms with van der Waals surface area (Å²) in [7, 11) is 0. The molecule has 5 N–H and O–H groups in total. The lowest BCUT2D eigenvalue weighted by Gasteiger charge is -2.20. The van der Waals surface area contributed by atoms with Gasteiger partial charge in [-0.15, -0.1) is 0 Å². The maximum Gasteiger partial charge on any atom is 0.262 e. The molecule has 0 amide bonds. The first-order chi connectivity index (χ1) is 14.0. The summed E-state index contributed by atoms with van der Waals surface area (Å²) in [6.07, 6.45) is 2.76. The molecule has 150 valence electrons. The SMILES string of the molecule is C[C@H](Nc1ncnc(N)c1C#N)c1nc2cccc(Cl)c2c(=O)n1CCCCN. The van der Waals surface area contributed by atoms with Crippen molar-refractivity contribution in [3.63, 3.8) is 0 Å². The molecule has 1 aromatic carbocycles. The first-order valence-electron chi connectivity index (χ1n) is 9.14. The van der Waals surface area contributed by atoms with Crippen molar-refractivity contribution in [2.75, 3.05) is 17.6 Å². The summed E-state index contributed by atoms with van der Waals surface area (Å²) in [5.41, 5.74) is 11.8. The highest BCUT2D eigenvalue weighted by Crippen LogP contribution is 2.24. The van der Waals surface area contributed by atoms with Crippen LogP contribution in [0.15, 0.2) is 29.3 Å². The molecule has 0 fully saturated rings. The predicted molar refractivity (Wildman–Crippen MR) is 112 cm³/mol. The van der Waals surface area contributed by atoms with Crippen LogP contribution in [0.5, 0.6) is 0 Å². The number of nitrogens with zero attached hydrogens (tertiary/aromatic N) is 5. The van der Waals surface area contributed by atoms with Gasteiger partial charge in [-0.05, 0) is 38.4 Å². The lowest BCUT2D eigenvalue weighted by atomic mass is 10.2. The highest BCUT2D eigenvalue weighted by molar-refractivity contribution is 6.35. The fourth-order valence-corrected chi connectivity index (χ4v) is 3.34. The Hall–Kier alpha value is -3.22. The molecule has 3 aromatic rings. The van der Waals surface area contributed by atoms with Crippen molar-refractivity contribution >= 4 is 34.1 Å². The number of nitrogens with one attached hydrogen (secondary N) is 1. The Labute approximate surface area is 172 Å². The van der Waals surface area contributed by atoms with Crippen molar-refractivity contribution < 1.29 is 0 Å². The number of fused-ring (bicyclic) bond motifs is 1. The summed E-state index contributed by atoms with van der Waals surface area (Å²) < 4.78 is 1.60. The minimum Gasteiger partial charge on any atom is -0.382 e. The number of nitrogens with two attached hydrogens (primary N) is 2. The third-order valence-electron chi connectivity index (χ3n) is 4.53. The number of rotatable bonds is 7. The van der Waals surface area contributed by atoms with E-state index < -0.39 is 6.04 Å². The number of hydrogen-bond acceptors (Lipinski definition) is 8. The Morgan fingerprint density at radius 1 is 1.34 bits per heavy atom. The first kappa shape index (κ1) is 20.5. The van der Waals surface area contributed by atoms with E-state index in [-0.39, 0.29) is 22.8 Å². The summed E-state index contributed by atoms with van der Waals surface area (Å²) >= 11 is 6.26. The Morgan fingerprint density at radius 3 is 2.86 bits per heavy atom.